The fraction of sp³-hybridized carbons (Fsp3) is 0.143. The summed E-state index contributed by atoms with van der Waals surface area (Å²) in [4.78, 5) is -0.669. The Morgan fingerprint density at radius 3 is 2.48 bits per heavy atom. The Labute approximate surface area is 130 Å². The van der Waals surface area contributed by atoms with Gasteiger partial charge < -0.3 is 0 Å². The van der Waals surface area contributed by atoms with Gasteiger partial charge in [0.2, 0.25) is 10.0 Å². The normalized spacial score (nSPS) is 11.9. The molecule has 0 N–H and O–H groups in total. The molecule has 3 nitrogen and oxygen atoms in total. The van der Waals surface area contributed by atoms with Gasteiger partial charge in [-0.15, -0.1) is 0 Å². The molecule has 2 rings (SSSR count). The van der Waals surface area contributed by atoms with E-state index in [-0.39, 0.29) is 6.54 Å². The van der Waals surface area contributed by atoms with Gasteiger partial charge in [-0.05, 0) is 29.8 Å². The van der Waals surface area contributed by atoms with E-state index in [2.05, 4.69) is 15.9 Å². The van der Waals surface area contributed by atoms with Crippen LogP contribution in [0, 0.1) is 11.6 Å². The van der Waals surface area contributed by atoms with Crippen LogP contribution < -0.4 is 0 Å². The zero-order valence-electron chi connectivity index (χ0n) is 11.1. The molecule has 0 saturated heterocycles. The number of halogens is 3. The molecule has 0 aliphatic carbocycles. The fourth-order valence-electron chi connectivity index (χ4n) is 1.79. The highest BCUT2D eigenvalue weighted by Gasteiger charge is 2.25. The summed E-state index contributed by atoms with van der Waals surface area (Å²) in [6.45, 7) is 0.0414. The van der Waals surface area contributed by atoms with Crippen LogP contribution in [0.3, 0.4) is 0 Å². The van der Waals surface area contributed by atoms with E-state index in [0.29, 0.717) is 6.07 Å². The van der Waals surface area contributed by atoms with Crippen LogP contribution in [0.25, 0.3) is 0 Å². The van der Waals surface area contributed by atoms with Crippen molar-refractivity contribution in [1.82, 2.24) is 4.31 Å². The van der Waals surface area contributed by atoms with Crippen molar-refractivity contribution in [3.8, 4) is 0 Å². The van der Waals surface area contributed by atoms with Crippen LogP contribution >= 0.6 is 15.9 Å². The minimum atomic E-state index is -4.11. The van der Waals surface area contributed by atoms with Gasteiger partial charge in [-0.2, -0.15) is 4.31 Å². The average molecular weight is 376 g/mol. The number of sulfonamides is 1. The van der Waals surface area contributed by atoms with E-state index in [0.717, 1.165) is 26.5 Å². The number of nitrogens with zero attached hydrogens (tertiary/aromatic N) is 1. The molecule has 0 saturated carbocycles. The molecule has 2 aromatic rings. The SMILES string of the molecule is CN(Cc1ccccc1Br)S(=O)(=O)c1cc(F)ccc1F. The molecular formula is C14H12BrF2NO2S. The van der Waals surface area contributed by atoms with Gasteiger partial charge in [-0.25, -0.2) is 17.2 Å². The standard InChI is InChI=1S/C14H12BrF2NO2S/c1-18(9-10-4-2-3-5-12(10)15)21(19,20)14-8-11(16)6-7-13(14)17/h2-8H,9H2,1H3. The Morgan fingerprint density at radius 1 is 1.14 bits per heavy atom. The predicted molar refractivity (Wildman–Crippen MR) is 79.2 cm³/mol. The molecule has 0 aromatic heterocycles. The molecule has 0 amide bonds. The van der Waals surface area contributed by atoms with E-state index >= 15 is 0 Å². The number of hydrogen-bond acceptors (Lipinski definition) is 2. The first-order valence-corrected chi connectivity index (χ1v) is 8.20. The third-order valence-corrected chi connectivity index (χ3v) is 5.52. The molecule has 0 atom stereocenters. The first-order valence-electron chi connectivity index (χ1n) is 5.97. The molecule has 0 heterocycles. The summed E-state index contributed by atoms with van der Waals surface area (Å²) in [6.07, 6.45) is 0. The fourth-order valence-corrected chi connectivity index (χ4v) is 3.43. The van der Waals surface area contributed by atoms with Crippen molar-refractivity contribution in [3.05, 3.63) is 64.1 Å². The molecule has 112 valence electrons. The summed E-state index contributed by atoms with van der Waals surface area (Å²) in [5.41, 5.74) is 0.723. The lowest BCUT2D eigenvalue weighted by Crippen LogP contribution is -2.27. The van der Waals surface area contributed by atoms with E-state index in [9.17, 15) is 17.2 Å². The molecule has 0 aliphatic heterocycles. The molecule has 21 heavy (non-hydrogen) atoms. The highest BCUT2D eigenvalue weighted by atomic mass is 79.9. The average Bonchev–Trinajstić information content (AvgIpc) is 2.43. The van der Waals surface area contributed by atoms with Gasteiger partial charge in [0, 0.05) is 18.1 Å². The van der Waals surface area contributed by atoms with E-state index in [1.54, 1.807) is 24.3 Å². The van der Waals surface area contributed by atoms with Crippen molar-refractivity contribution in [2.24, 2.45) is 0 Å². The lowest BCUT2D eigenvalue weighted by molar-refractivity contribution is 0.457. The maximum atomic E-state index is 13.7. The molecule has 0 fully saturated rings. The van der Waals surface area contributed by atoms with Gasteiger partial charge in [0.15, 0.2) is 0 Å². The van der Waals surface area contributed by atoms with Gasteiger partial charge in [-0.1, -0.05) is 34.1 Å². The highest BCUT2D eigenvalue weighted by molar-refractivity contribution is 9.10. The van der Waals surface area contributed by atoms with Crippen LogP contribution in [0.1, 0.15) is 5.56 Å². The zero-order valence-corrected chi connectivity index (χ0v) is 13.5. The third-order valence-electron chi connectivity index (χ3n) is 2.93. The minimum Gasteiger partial charge on any atom is -0.207 e. The summed E-state index contributed by atoms with van der Waals surface area (Å²) in [5, 5.41) is 0. The van der Waals surface area contributed by atoms with Crippen molar-refractivity contribution in [2.45, 2.75) is 11.4 Å². The van der Waals surface area contributed by atoms with Gasteiger partial charge in [0.25, 0.3) is 0 Å². The van der Waals surface area contributed by atoms with Gasteiger partial charge in [0.1, 0.15) is 16.5 Å². The lowest BCUT2D eigenvalue weighted by atomic mass is 10.2. The second kappa shape index (κ2) is 6.21. The third kappa shape index (κ3) is 3.48. The molecule has 0 unspecified atom stereocenters. The Balaban J connectivity index is 2.35. The Hall–Kier alpha value is -1.31. The van der Waals surface area contributed by atoms with E-state index in [1.807, 2.05) is 0 Å². The van der Waals surface area contributed by atoms with Crippen molar-refractivity contribution in [2.75, 3.05) is 7.05 Å². The lowest BCUT2D eigenvalue weighted by Gasteiger charge is -2.18. The topological polar surface area (TPSA) is 37.4 Å². The smallest absolute Gasteiger partial charge is 0.207 e. The maximum Gasteiger partial charge on any atom is 0.246 e. The second-order valence-electron chi connectivity index (χ2n) is 4.43. The van der Waals surface area contributed by atoms with Crippen molar-refractivity contribution >= 4 is 26.0 Å². The highest BCUT2D eigenvalue weighted by Crippen LogP contribution is 2.23. The van der Waals surface area contributed by atoms with Crippen LogP contribution in [-0.4, -0.2) is 19.8 Å². The number of benzene rings is 2. The predicted octanol–water partition coefficient (Wildman–Crippen LogP) is 3.55. The summed E-state index contributed by atoms with van der Waals surface area (Å²) >= 11 is 3.32. The Morgan fingerprint density at radius 2 is 1.81 bits per heavy atom. The van der Waals surface area contributed by atoms with Crippen LogP contribution in [-0.2, 0) is 16.6 Å². The van der Waals surface area contributed by atoms with Gasteiger partial charge in [-0.3, -0.25) is 0 Å². The molecule has 0 spiro atoms. The Bertz CT molecular complexity index is 765. The van der Waals surface area contributed by atoms with Crippen molar-refractivity contribution in [1.29, 1.82) is 0 Å². The first-order chi connectivity index (χ1) is 9.82. The van der Waals surface area contributed by atoms with Crippen molar-refractivity contribution < 1.29 is 17.2 Å². The van der Waals surface area contributed by atoms with Crippen molar-refractivity contribution in [3.63, 3.8) is 0 Å². The molecule has 0 bridgehead atoms. The van der Waals surface area contributed by atoms with E-state index < -0.39 is 26.6 Å². The van der Waals surface area contributed by atoms with Crippen LogP contribution in [0.2, 0.25) is 0 Å². The summed E-state index contributed by atoms with van der Waals surface area (Å²) in [7, 11) is -2.79. The zero-order chi connectivity index (χ0) is 15.6. The minimum absolute atomic E-state index is 0.0414. The maximum absolute atomic E-state index is 13.7. The van der Waals surface area contributed by atoms with Gasteiger partial charge >= 0.3 is 0 Å². The molecular weight excluding hydrogens is 364 g/mol. The van der Waals surface area contributed by atoms with Crippen LogP contribution in [0.5, 0.6) is 0 Å². The van der Waals surface area contributed by atoms with E-state index in [1.165, 1.54) is 7.05 Å². The monoisotopic (exact) mass is 375 g/mol. The first kappa shape index (κ1) is 16.1. The second-order valence-corrected chi connectivity index (χ2v) is 7.29. The largest absolute Gasteiger partial charge is 0.246 e. The summed E-state index contributed by atoms with van der Waals surface area (Å²) < 4.78 is 53.2. The molecule has 0 aliphatic rings. The molecule has 7 heteroatoms. The Kier molecular flexibility index (Phi) is 4.75. The summed E-state index contributed by atoms with van der Waals surface area (Å²) in [5.74, 6) is -1.78. The molecule has 0 radical (unpaired) electrons. The number of rotatable bonds is 4. The van der Waals surface area contributed by atoms with Crippen LogP contribution in [0.15, 0.2) is 51.8 Å². The quantitative estimate of drug-likeness (QED) is 0.819. The molecule has 2 aromatic carbocycles. The van der Waals surface area contributed by atoms with E-state index in [4.69, 9.17) is 0 Å². The number of hydrogen-bond donors (Lipinski definition) is 0. The summed E-state index contributed by atoms with van der Waals surface area (Å²) in [6, 6.07) is 9.45. The van der Waals surface area contributed by atoms with Crippen LogP contribution in [0.4, 0.5) is 8.78 Å². The van der Waals surface area contributed by atoms with Gasteiger partial charge in [0.05, 0.1) is 0 Å².